The van der Waals surface area contributed by atoms with Gasteiger partial charge in [0.25, 0.3) is 0 Å². The summed E-state index contributed by atoms with van der Waals surface area (Å²) in [5.41, 5.74) is 1.83. The molecule has 1 aliphatic rings. The van der Waals surface area contributed by atoms with Crippen molar-refractivity contribution in [2.75, 3.05) is 18.4 Å². The Labute approximate surface area is 144 Å². The first-order chi connectivity index (χ1) is 11.2. The summed E-state index contributed by atoms with van der Waals surface area (Å²) in [6, 6.07) is 6.38. The van der Waals surface area contributed by atoms with E-state index in [0.717, 1.165) is 42.9 Å². The highest BCUT2D eigenvalue weighted by molar-refractivity contribution is 7.16. The van der Waals surface area contributed by atoms with Crippen molar-refractivity contribution in [1.29, 1.82) is 5.26 Å². The minimum atomic E-state index is -0.0418. The Bertz CT molecular complexity index is 728. The normalized spacial score (nSPS) is 13.1. The Morgan fingerprint density at radius 2 is 2.35 bits per heavy atom. The number of rotatable bonds is 6. The van der Waals surface area contributed by atoms with E-state index in [0.29, 0.717) is 12.1 Å². The van der Waals surface area contributed by atoms with Gasteiger partial charge in [-0.15, -0.1) is 22.7 Å². The van der Waals surface area contributed by atoms with Crippen molar-refractivity contribution in [3.8, 4) is 6.07 Å². The first-order valence-corrected chi connectivity index (χ1v) is 9.50. The lowest BCUT2D eigenvalue weighted by Gasteiger charge is -2.18. The summed E-state index contributed by atoms with van der Waals surface area (Å²) in [5, 5.41) is 15.1. The molecule has 0 aromatic carbocycles. The number of hydrogen-bond acceptors (Lipinski definition) is 5. The van der Waals surface area contributed by atoms with Gasteiger partial charge in [-0.3, -0.25) is 9.69 Å². The number of carbonyl (C=O) groups excluding carboxylic acids is 1. The monoisotopic (exact) mass is 345 g/mol. The van der Waals surface area contributed by atoms with E-state index >= 15 is 0 Å². The van der Waals surface area contributed by atoms with Crippen molar-refractivity contribution in [2.24, 2.45) is 0 Å². The molecule has 120 valence electrons. The van der Waals surface area contributed by atoms with Gasteiger partial charge in [-0.1, -0.05) is 13.0 Å². The Kier molecular flexibility index (Phi) is 5.11. The first kappa shape index (κ1) is 16.2. The second kappa shape index (κ2) is 7.26. The summed E-state index contributed by atoms with van der Waals surface area (Å²) in [5.74, 6) is -0.0418. The summed E-state index contributed by atoms with van der Waals surface area (Å²) in [6.07, 6.45) is 3.11. The molecule has 0 bridgehead atoms. The van der Waals surface area contributed by atoms with Crippen molar-refractivity contribution in [1.82, 2.24) is 4.90 Å². The third-order valence-electron chi connectivity index (χ3n) is 4.06. The number of hydrogen-bond donors (Lipinski definition) is 1. The van der Waals surface area contributed by atoms with Crippen LogP contribution >= 0.6 is 22.7 Å². The summed E-state index contributed by atoms with van der Waals surface area (Å²) >= 11 is 3.28. The lowest BCUT2D eigenvalue weighted by Crippen LogP contribution is -2.32. The molecule has 1 N–H and O–H groups in total. The number of amides is 1. The van der Waals surface area contributed by atoms with Crippen LogP contribution in [-0.2, 0) is 24.2 Å². The molecule has 2 aromatic rings. The van der Waals surface area contributed by atoms with Crippen LogP contribution in [0.15, 0.2) is 17.5 Å². The molecule has 0 unspecified atom stereocenters. The highest BCUT2D eigenvalue weighted by Gasteiger charge is 2.23. The van der Waals surface area contributed by atoms with Crippen LogP contribution in [0.1, 0.15) is 34.2 Å². The van der Waals surface area contributed by atoms with E-state index in [1.54, 1.807) is 22.7 Å². The van der Waals surface area contributed by atoms with E-state index in [4.69, 9.17) is 0 Å². The van der Waals surface area contributed by atoms with Crippen molar-refractivity contribution >= 4 is 33.6 Å². The van der Waals surface area contributed by atoms with Crippen LogP contribution in [0.4, 0.5) is 5.00 Å². The van der Waals surface area contributed by atoms with E-state index < -0.39 is 0 Å². The third kappa shape index (κ3) is 3.63. The standard InChI is InChI=1S/C17H19N3OS2/c1-2-20(10-12-5-4-8-22-12)11-16(21)19-17-14(9-18)13-6-3-7-15(13)23-17/h4-5,8H,2-3,6-7,10-11H2,1H3,(H,19,21). The van der Waals surface area contributed by atoms with Crippen molar-refractivity contribution < 1.29 is 4.79 Å². The molecular formula is C17H19N3OS2. The molecule has 4 nitrogen and oxygen atoms in total. The fraction of sp³-hybridized carbons (Fsp3) is 0.412. The average Bonchev–Trinajstić information content (AvgIpc) is 3.23. The number of aryl methyl sites for hydroxylation is 1. The molecular weight excluding hydrogens is 326 g/mol. The second-order valence-electron chi connectivity index (χ2n) is 5.60. The Balaban J connectivity index is 1.64. The minimum Gasteiger partial charge on any atom is -0.315 e. The van der Waals surface area contributed by atoms with Gasteiger partial charge in [-0.2, -0.15) is 5.26 Å². The SMILES string of the molecule is CCN(CC(=O)Nc1sc2c(c1C#N)CCC2)Cc1cccs1. The predicted molar refractivity (Wildman–Crippen MR) is 95.0 cm³/mol. The van der Waals surface area contributed by atoms with Gasteiger partial charge in [-0.25, -0.2) is 0 Å². The fourth-order valence-electron chi connectivity index (χ4n) is 2.88. The van der Waals surface area contributed by atoms with Crippen LogP contribution in [0, 0.1) is 11.3 Å². The Morgan fingerprint density at radius 1 is 1.48 bits per heavy atom. The molecule has 1 aliphatic carbocycles. The smallest absolute Gasteiger partial charge is 0.239 e. The van der Waals surface area contributed by atoms with E-state index in [1.807, 2.05) is 6.07 Å². The van der Waals surface area contributed by atoms with Crippen molar-refractivity contribution in [3.05, 3.63) is 38.4 Å². The highest BCUT2D eigenvalue weighted by atomic mass is 32.1. The summed E-state index contributed by atoms with van der Waals surface area (Å²) in [4.78, 5) is 17.0. The van der Waals surface area contributed by atoms with Gasteiger partial charge >= 0.3 is 0 Å². The molecule has 0 atom stereocenters. The fourth-order valence-corrected chi connectivity index (χ4v) is 4.88. The molecule has 0 saturated heterocycles. The predicted octanol–water partition coefficient (Wildman–Crippen LogP) is 3.63. The van der Waals surface area contributed by atoms with E-state index in [-0.39, 0.29) is 5.91 Å². The number of nitriles is 1. The van der Waals surface area contributed by atoms with Crippen LogP contribution in [0.5, 0.6) is 0 Å². The number of nitrogens with one attached hydrogen (secondary N) is 1. The largest absolute Gasteiger partial charge is 0.315 e. The van der Waals surface area contributed by atoms with Gasteiger partial charge in [0.1, 0.15) is 11.1 Å². The summed E-state index contributed by atoms with van der Waals surface area (Å²) in [6.45, 7) is 4.01. The molecule has 0 radical (unpaired) electrons. The zero-order valence-corrected chi connectivity index (χ0v) is 14.7. The molecule has 2 aromatic heterocycles. The molecule has 0 aliphatic heterocycles. The zero-order valence-electron chi connectivity index (χ0n) is 13.1. The van der Waals surface area contributed by atoms with Gasteiger partial charge in [0.15, 0.2) is 0 Å². The molecule has 6 heteroatoms. The number of fused-ring (bicyclic) bond motifs is 1. The summed E-state index contributed by atoms with van der Waals surface area (Å²) < 4.78 is 0. The molecule has 0 saturated carbocycles. The van der Waals surface area contributed by atoms with Gasteiger partial charge in [0, 0.05) is 16.3 Å². The maximum absolute atomic E-state index is 12.4. The van der Waals surface area contributed by atoms with E-state index in [2.05, 4.69) is 34.7 Å². The van der Waals surface area contributed by atoms with Crippen LogP contribution in [0.2, 0.25) is 0 Å². The zero-order chi connectivity index (χ0) is 16.2. The third-order valence-corrected chi connectivity index (χ3v) is 6.13. The van der Waals surface area contributed by atoms with Gasteiger partial charge in [-0.05, 0) is 42.8 Å². The maximum Gasteiger partial charge on any atom is 0.239 e. The number of thiophene rings is 2. The average molecular weight is 345 g/mol. The molecule has 0 spiro atoms. The number of anilines is 1. The Morgan fingerprint density at radius 3 is 3.04 bits per heavy atom. The molecule has 0 fully saturated rings. The van der Waals surface area contributed by atoms with Gasteiger partial charge in [0.05, 0.1) is 12.1 Å². The highest BCUT2D eigenvalue weighted by Crippen LogP contribution is 2.38. The second-order valence-corrected chi connectivity index (χ2v) is 7.74. The van der Waals surface area contributed by atoms with E-state index in [9.17, 15) is 10.1 Å². The maximum atomic E-state index is 12.4. The lowest BCUT2D eigenvalue weighted by molar-refractivity contribution is -0.117. The Hall–Kier alpha value is -1.68. The van der Waals surface area contributed by atoms with Crippen LogP contribution in [-0.4, -0.2) is 23.9 Å². The van der Waals surface area contributed by atoms with Crippen LogP contribution < -0.4 is 5.32 Å². The van der Waals surface area contributed by atoms with Gasteiger partial charge < -0.3 is 5.32 Å². The molecule has 3 rings (SSSR count). The lowest BCUT2D eigenvalue weighted by atomic mass is 10.1. The topological polar surface area (TPSA) is 56.1 Å². The van der Waals surface area contributed by atoms with Crippen LogP contribution in [0.3, 0.4) is 0 Å². The number of nitrogens with zero attached hydrogens (tertiary/aromatic N) is 2. The molecule has 23 heavy (non-hydrogen) atoms. The molecule has 2 heterocycles. The number of carbonyl (C=O) groups is 1. The summed E-state index contributed by atoms with van der Waals surface area (Å²) in [7, 11) is 0. The van der Waals surface area contributed by atoms with Crippen LogP contribution in [0.25, 0.3) is 0 Å². The minimum absolute atomic E-state index is 0.0418. The van der Waals surface area contributed by atoms with Crippen molar-refractivity contribution in [3.63, 3.8) is 0 Å². The molecule has 1 amide bonds. The van der Waals surface area contributed by atoms with E-state index in [1.165, 1.54) is 9.75 Å². The quantitative estimate of drug-likeness (QED) is 0.870. The van der Waals surface area contributed by atoms with Gasteiger partial charge in [0.2, 0.25) is 5.91 Å². The number of likely N-dealkylation sites (N-methyl/N-ethyl adjacent to an activating group) is 1. The first-order valence-electron chi connectivity index (χ1n) is 7.80. The van der Waals surface area contributed by atoms with Crippen molar-refractivity contribution in [2.45, 2.75) is 32.7 Å².